The topological polar surface area (TPSA) is 92.9 Å². The van der Waals surface area contributed by atoms with Crippen LogP contribution < -0.4 is 16.6 Å². The molecule has 1 heterocycles. The summed E-state index contributed by atoms with van der Waals surface area (Å²) in [5.74, 6) is 5.54. The van der Waals surface area contributed by atoms with E-state index in [0.717, 1.165) is 15.6 Å². The normalized spacial score (nSPS) is 10.0. The molecule has 2 rings (SSSR count). The largest absolute Gasteiger partial charge is 0.326 e. The highest BCUT2D eigenvalue weighted by Crippen LogP contribution is 2.27. The number of anilines is 2. The fourth-order valence-corrected chi connectivity index (χ4v) is 2.17. The van der Waals surface area contributed by atoms with Crippen LogP contribution in [-0.4, -0.2) is 15.9 Å². The van der Waals surface area contributed by atoms with Crippen molar-refractivity contribution >= 4 is 29.3 Å². The molecular formula is C12H13N5OS. The molecule has 4 N–H and O–H groups in total. The van der Waals surface area contributed by atoms with Crippen molar-refractivity contribution in [3.63, 3.8) is 0 Å². The van der Waals surface area contributed by atoms with E-state index in [9.17, 15) is 4.79 Å². The molecule has 2 aromatic rings. The maximum absolute atomic E-state index is 10.9. The van der Waals surface area contributed by atoms with Crippen LogP contribution in [0.1, 0.15) is 6.92 Å². The number of carbonyl (C=O) groups is 1. The van der Waals surface area contributed by atoms with Gasteiger partial charge in [-0.1, -0.05) is 11.8 Å². The second kappa shape index (κ2) is 6.17. The molecule has 6 nitrogen and oxygen atoms in total. The predicted octanol–water partition coefficient (Wildman–Crippen LogP) is 1.87. The maximum atomic E-state index is 10.9. The Labute approximate surface area is 114 Å². The van der Waals surface area contributed by atoms with Crippen LogP contribution in [0.5, 0.6) is 0 Å². The molecule has 19 heavy (non-hydrogen) atoms. The fraction of sp³-hybridized carbons (Fsp3) is 0.0833. The van der Waals surface area contributed by atoms with Crippen LogP contribution in [0.25, 0.3) is 0 Å². The van der Waals surface area contributed by atoms with Gasteiger partial charge in [-0.15, -0.1) is 0 Å². The molecule has 1 aromatic carbocycles. The summed E-state index contributed by atoms with van der Waals surface area (Å²) in [5.41, 5.74) is 3.17. The van der Waals surface area contributed by atoms with E-state index in [1.807, 2.05) is 24.3 Å². The van der Waals surface area contributed by atoms with Crippen LogP contribution in [0, 0.1) is 0 Å². The van der Waals surface area contributed by atoms with Gasteiger partial charge in [-0.2, -0.15) is 0 Å². The van der Waals surface area contributed by atoms with Crippen molar-refractivity contribution in [2.75, 3.05) is 10.7 Å². The van der Waals surface area contributed by atoms with E-state index in [1.165, 1.54) is 18.7 Å². The zero-order valence-corrected chi connectivity index (χ0v) is 11.1. The van der Waals surface area contributed by atoms with Crippen molar-refractivity contribution in [1.82, 2.24) is 9.97 Å². The molecule has 0 fully saturated rings. The van der Waals surface area contributed by atoms with Crippen molar-refractivity contribution in [2.45, 2.75) is 16.8 Å². The van der Waals surface area contributed by atoms with E-state index in [1.54, 1.807) is 12.3 Å². The van der Waals surface area contributed by atoms with Crippen LogP contribution in [0.3, 0.4) is 0 Å². The third kappa shape index (κ3) is 3.94. The summed E-state index contributed by atoms with van der Waals surface area (Å²) in [6.07, 6.45) is 1.64. The summed E-state index contributed by atoms with van der Waals surface area (Å²) in [4.78, 5) is 20.1. The molecule has 0 bridgehead atoms. The minimum absolute atomic E-state index is 0.0881. The minimum Gasteiger partial charge on any atom is -0.326 e. The van der Waals surface area contributed by atoms with E-state index >= 15 is 0 Å². The number of aromatic nitrogens is 2. The number of hydrogen-bond acceptors (Lipinski definition) is 6. The van der Waals surface area contributed by atoms with Gasteiger partial charge >= 0.3 is 0 Å². The molecule has 0 radical (unpaired) electrons. The number of amides is 1. The number of carbonyl (C=O) groups excluding carboxylic acids is 1. The number of nitrogens with one attached hydrogen (secondary N) is 2. The summed E-state index contributed by atoms with van der Waals surface area (Å²) in [6.45, 7) is 1.48. The van der Waals surface area contributed by atoms with E-state index in [4.69, 9.17) is 5.84 Å². The molecule has 1 aromatic heterocycles. The van der Waals surface area contributed by atoms with E-state index in [0.29, 0.717) is 5.95 Å². The number of nitrogen functional groups attached to an aromatic ring is 1. The molecule has 0 aliphatic carbocycles. The minimum atomic E-state index is -0.0881. The molecule has 98 valence electrons. The third-order valence-electron chi connectivity index (χ3n) is 2.16. The Morgan fingerprint density at radius 3 is 2.63 bits per heavy atom. The lowest BCUT2D eigenvalue weighted by atomic mass is 10.3. The molecule has 0 aliphatic heterocycles. The molecule has 0 saturated carbocycles. The van der Waals surface area contributed by atoms with Gasteiger partial charge in [0.05, 0.1) is 0 Å². The highest BCUT2D eigenvalue weighted by Gasteiger charge is 2.02. The van der Waals surface area contributed by atoms with Crippen molar-refractivity contribution in [1.29, 1.82) is 0 Å². The van der Waals surface area contributed by atoms with E-state index < -0.39 is 0 Å². The Hall–Kier alpha value is -2.12. The van der Waals surface area contributed by atoms with Gasteiger partial charge < -0.3 is 5.32 Å². The molecule has 0 atom stereocenters. The smallest absolute Gasteiger partial charge is 0.238 e. The lowest BCUT2D eigenvalue weighted by Gasteiger charge is -2.05. The number of benzene rings is 1. The average Bonchev–Trinajstić information content (AvgIpc) is 2.41. The monoisotopic (exact) mass is 275 g/mol. The first-order chi connectivity index (χ1) is 9.17. The Kier molecular flexibility index (Phi) is 4.32. The zero-order chi connectivity index (χ0) is 13.7. The number of nitrogens with two attached hydrogens (primary N) is 1. The van der Waals surface area contributed by atoms with Crippen LogP contribution >= 0.6 is 11.8 Å². The number of hydrazine groups is 1. The van der Waals surface area contributed by atoms with Gasteiger partial charge in [-0.3, -0.25) is 10.2 Å². The molecule has 0 saturated heterocycles. The van der Waals surface area contributed by atoms with Gasteiger partial charge in [0.15, 0.2) is 0 Å². The lowest BCUT2D eigenvalue weighted by Crippen LogP contribution is -2.10. The van der Waals surface area contributed by atoms with Gasteiger partial charge in [0.1, 0.15) is 5.03 Å². The summed E-state index contributed by atoms with van der Waals surface area (Å²) >= 11 is 1.49. The average molecular weight is 275 g/mol. The highest BCUT2D eigenvalue weighted by atomic mass is 32.2. The molecule has 0 aliphatic rings. The predicted molar refractivity (Wildman–Crippen MR) is 74.7 cm³/mol. The fourth-order valence-electron chi connectivity index (χ4n) is 1.40. The second-order valence-electron chi connectivity index (χ2n) is 3.67. The number of rotatable bonds is 4. The summed E-state index contributed by atoms with van der Waals surface area (Å²) < 4.78 is 0. The van der Waals surface area contributed by atoms with Crippen molar-refractivity contribution in [3.8, 4) is 0 Å². The molecule has 7 heteroatoms. The zero-order valence-electron chi connectivity index (χ0n) is 10.3. The van der Waals surface area contributed by atoms with E-state index in [-0.39, 0.29) is 5.91 Å². The number of hydrogen-bond donors (Lipinski definition) is 3. The third-order valence-corrected chi connectivity index (χ3v) is 3.10. The Bertz CT molecular complexity index is 573. The van der Waals surface area contributed by atoms with E-state index in [2.05, 4.69) is 20.7 Å². The first kappa shape index (κ1) is 13.3. The van der Waals surface area contributed by atoms with Gasteiger partial charge in [-0.05, 0) is 30.3 Å². The summed E-state index contributed by atoms with van der Waals surface area (Å²) in [5, 5.41) is 3.50. The van der Waals surface area contributed by atoms with Gasteiger partial charge in [-0.25, -0.2) is 15.8 Å². The maximum Gasteiger partial charge on any atom is 0.238 e. The van der Waals surface area contributed by atoms with Crippen LogP contribution in [-0.2, 0) is 4.79 Å². The summed E-state index contributed by atoms with van der Waals surface area (Å²) in [6, 6.07) is 9.30. The van der Waals surface area contributed by atoms with Gasteiger partial charge in [0.2, 0.25) is 11.9 Å². The van der Waals surface area contributed by atoms with Crippen LogP contribution in [0.2, 0.25) is 0 Å². The van der Waals surface area contributed by atoms with Gasteiger partial charge in [0.25, 0.3) is 0 Å². The van der Waals surface area contributed by atoms with Crippen LogP contribution in [0.15, 0.2) is 46.5 Å². The molecule has 0 unspecified atom stereocenters. The Balaban J connectivity index is 2.08. The molecular weight excluding hydrogens is 262 g/mol. The van der Waals surface area contributed by atoms with Crippen LogP contribution in [0.4, 0.5) is 11.6 Å². The van der Waals surface area contributed by atoms with Crippen molar-refractivity contribution in [2.24, 2.45) is 5.84 Å². The van der Waals surface area contributed by atoms with Crippen molar-refractivity contribution < 1.29 is 4.79 Å². The van der Waals surface area contributed by atoms with Crippen molar-refractivity contribution in [3.05, 3.63) is 36.5 Å². The first-order valence-electron chi connectivity index (χ1n) is 5.52. The number of nitrogens with zero attached hydrogens (tertiary/aromatic N) is 2. The standard InChI is InChI=1S/C12H13N5OS/c1-8(18)15-9-2-4-10(5-3-9)19-11-6-7-14-12(16-11)17-13/h2-7H,13H2,1H3,(H,15,18)(H,14,16,17). The highest BCUT2D eigenvalue weighted by molar-refractivity contribution is 7.99. The first-order valence-corrected chi connectivity index (χ1v) is 6.34. The SMILES string of the molecule is CC(=O)Nc1ccc(Sc2ccnc(NN)n2)cc1. The quantitative estimate of drug-likeness (QED) is 0.448. The molecule has 1 amide bonds. The van der Waals surface area contributed by atoms with Gasteiger partial charge in [0, 0.05) is 23.7 Å². The second-order valence-corrected chi connectivity index (χ2v) is 4.76. The Morgan fingerprint density at radius 1 is 1.26 bits per heavy atom. The summed E-state index contributed by atoms with van der Waals surface area (Å²) in [7, 11) is 0. The molecule has 0 spiro atoms. The Morgan fingerprint density at radius 2 is 2.00 bits per heavy atom. The lowest BCUT2D eigenvalue weighted by molar-refractivity contribution is -0.114.